The van der Waals surface area contributed by atoms with Crippen molar-refractivity contribution in [2.45, 2.75) is 18.7 Å². The highest BCUT2D eigenvalue weighted by atomic mass is 32.2. The molecule has 0 spiro atoms. The van der Waals surface area contributed by atoms with Gasteiger partial charge in [0, 0.05) is 26.2 Å². The lowest BCUT2D eigenvalue weighted by Crippen LogP contribution is -2.37. The fourth-order valence-electron chi connectivity index (χ4n) is 2.64. The number of rotatable bonds is 6. The number of carboxylic acids is 1. The number of nitrogens with zero attached hydrogens (tertiary/aromatic N) is 2. The molecule has 23 heavy (non-hydrogen) atoms. The number of hydrogen-bond acceptors (Lipinski definition) is 5. The van der Waals surface area contributed by atoms with Crippen molar-refractivity contribution in [1.29, 1.82) is 0 Å². The Morgan fingerprint density at radius 1 is 1.26 bits per heavy atom. The summed E-state index contributed by atoms with van der Waals surface area (Å²) in [6.45, 7) is 6.41. The van der Waals surface area contributed by atoms with Crippen LogP contribution in [0.4, 0.5) is 5.69 Å². The van der Waals surface area contributed by atoms with Gasteiger partial charge < -0.3 is 14.7 Å². The predicted octanol–water partition coefficient (Wildman–Crippen LogP) is 1.25. The Balaban J connectivity index is 2.45. The fraction of sp³-hybridized carbons (Fsp3) is 0.533. The number of benzene rings is 1. The second-order valence-electron chi connectivity index (χ2n) is 5.17. The van der Waals surface area contributed by atoms with Crippen LogP contribution in [0.2, 0.25) is 0 Å². The summed E-state index contributed by atoms with van der Waals surface area (Å²) in [5.41, 5.74) is 0.527. The van der Waals surface area contributed by atoms with E-state index in [0.717, 1.165) is 0 Å². The summed E-state index contributed by atoms with van der Waals surface area (Å²) < 4.78 is 31.7. The van der Waals surface area contributed by atoms with Gasteiger partial charge in [-0.15, -0.1) is 0 Å². The van der Waals surface area contributed by atoms with Crippen molar-refractivity contribution in [3.63, 3.8) is 0 Å². The number of anilines is 1. The highest BCUT2D eigenvalue weighted by Gasteiger charge is 2.25. The number of hydrogen-bond donors (Lipinski definition) is 1. The van der Waals surface area contributed by atoms with Gasteiger partial charge in [-0.1, -0.05) is 13.8 Å². The SMILES string of the molecule is CCN(CC)S(=O)(=O)c1ccc(N2CCOCC2)c(C(=O)O)c1. The summed E-state index contributed by atoms with van der Waals surface area (Å²) in [5.74, 6) is -1.14. The van der Waals surface area contributed by atoms with Crippen LogP contribution in [0.15, 0.2) is 23.1 Å². The second-order valence-corrected chi connectivity index (χ2v) is 7.11. The van der Waals surface area contributed by atoms with Crippen LogP contribution in [0.3, 0.4) is 0 Å². The summed E-state index contributed by atoms with van der Waals surface area (Å²) in [6, 6.07) is 4.30. The van der Waals surface area contributed by atoms with Gasteiger partial charge in [0.15, 0.2) is 0 Å². The van der Waals surface area contributed by atoms with Gasteiger partial charge in [0.05, 0.1) is 29.4 Å². The topological polar surface area (TPSA) is 87.2 Å². The fourth-order valence-corrected chi connectivity index (χ4v) is 4.12. The Kier molecular flexibility index (Phi) is 5.61. The highest BCUT2D eigenvalue weighted by molar-refractivity contribution is 7.89. The molecule has 2 rings (SSSR count). The van der Waals surface area contributed by atoms with E-state index in [1.54, 1.807) is 19.9 Å². The highest BCUT2D eigenvalue weighted by Crippen LogP contribution is 2.26. The molecule has 128 valence electrons. The minimum Gasteiger partial charge on any atom is -0.478 e. The molecule has 0 radical (unpaired) electrons. The van der Waals surface area contributed by atoms with Crippen molar-refractivity contribution in [2.75, 3.05) is 44.3 Å². The van der Waals surface area contributed by atoms with E-state index >= 15 is 0 Å². The van der Waals surface area contributed by atoms with Gasteiger partial charge in [0.25, 0.3) is 0 Å². The number of sulfonamides is 1. The molecule has 0 saturated carbocycles. The maximum Gasteiger partial charge on any atom is 0.337 e. The zero-order valence-electron chi connectivity index (χ0n) is 13.4. The van der Waals surface area contributed by atoms with Crippen molar-refractivity contribution < 1.29 is 23.1 Å². The van der Waals surface area contributed by atoms with Crippen LogP contribution in [0.5, 0.6) is 0 Å². The van der Waals surface area contributed by atoms with Crippen molar-refractivity contribution in [3.05, 3.63) is 23.8 Å². The van der Waals surface area contributed by atoms with E-state index in [-0.39, 0.29) is 10.5 Å². The molecule has 1 aromatic carbocycles. The first-order chi connectivity index (χ1) is 10.9. The molecule has 0 atom stereocenters. The largest absolute Gasteiger partial charge is 0.478 e. The zero-order chi connectivity index (χ0) is 17.0. The molecule has 1 fully saturated rings. The molecular formula is C15H22N2O5S. The van der Waals surface area contributed by atoms with Crippen LogP contribution in [0, 0.1) is 0 Å². The first-order valence-electron chi connectivity index (χ1n) is 7.62. The third-order valence-electron chi connectivity index (χ3n) is 3.89. The number of ether oxygens (including phenoxy) is 1. The third kappa shape index (κ3) is 3.65. The van der Waals surface area contributed by atoms with Crippen LogP contribution in [-0.2, 0) is 14.8 Å². The van der Waals surface area contributed by atoms with Crippen molar-refractivity contribution >= 4 is 21.7 Å². The third-order valence-corrected chi connectivity index (χ3v) is 5.94. The Labute approximate surface area is 136 Å². The Morgan fingerprint density at radius 2 is 1.87 bits per heavy atom. The lowest BCUT2D eigenvalue weighted by Gasteiger charge is -2.30. The molecule has 1 aliphatic heterocycles. The molecule has 7 nitrogen and oxygen atoms in total. The van der Waals surface area contributed by atoms with E-state index < -0.39 is 16.0 Å². The minimum atomic E-state index is -3.68. The van der Waals surface area contributed by atoms with E-state index in [1.165, 1.54) is 16.4 Å². The number of morpholine rings is 1. The summed E-state index contributed by atoms with van der Waals surface area (Å²) >= 11 is 0. The zero-order valence-corrected chi connectivity index (χ0v) is 14.2. The second kappa shape index (κ2) is 7.29. The molecule has 1 N–H and O–H groups in total. The van der Waals surface area contributed by atoms with Crippen molar-refractivity contribution in [2.24, 2.45) is 0 Å². The average molecular weight is 342 g/mol. The van der Waals surface area contributed by atoms with E-state index in [9.17, 15) is 18.3 Å². The summed E-state index contributed by atoms with van der Waals surface area (Å²) in [7, 11) is -3.68. The van der Waals surface area contributed by atoms with E-state index in [2.05, 4.69) is 0 Å². The van der Waals surface area contributed by atoms with Crippen LogP contribution in [-0.4, -0.2) is 63.2 Å². The quantitative estimate of drug-likeness (QED) is 0.837. The maximum atomic E-state index is 12.6. The smallest absolute Gasteiger partial charge is 0.337 e. The molecule has 1 saturated heterocycles. The minimum absolute atomic E-state index is 0.000121. The van der Waals surface area contributed by atoms with Gasteiger partial charge in [-0.25, -0.2) is 13.2 Å². The van der Waals surface area contributed by atoms with Crippen molar-refractivity contribution in [1.82, 2.24) is 4.31 Å². The molecule has 1 aliphatic rings. The van der Waals surface area contributed by atoms with Crippen LogP contribution < -0.4 is 4.90 Å². The lowest BCUT2D eigenvalue weighted by atomic mass is 10.1. The van der Waals surface area contributed by atoms with Gasteiger partial charge in [-0.05, 0) is 18.2 Å². The normalized spacial score (nSPS) is 15.9. The van der Waals surface area contributed by atoms with E-state index in [4.69, 9.17) is 4.74 Å². The molecule has 0 aliphatic carbocycles. The first-order valence-corrected chi connectivity index (χ1v) is 9.06. The molecule has 1 aromatic rings. The van der Waals surface area contributed by atoms with Crippen LogP contribution >= 0.6 is 0 Å². The van der Waals surface area contributed by atoms with Gasteiger partial charge in [0.2, 0.25) is 10.0 Å². The summed E-state index contributed by atoms with van der Waals surface area (Å²) in [4.78, 5) is 13.5. The number of aromatic carboxylic acids is 1. The van der Waals surface area contributed by atoms with Gasteiger partial charge in [-0.2, -0.15) is 4.31 Å². The Bertz CT molecular complexity index is 664. The maximum absolute atomic E-state index is 12.6. The van der Waals surface area contributed by atoms with E-state index in [0.29, 0.717) is 45.1 Å². The summed E-state index contributed by atoms with van der Waals surface area (Å²) in [5, 5.41) is 9.47. The van der Waals surface area contributed by atoms with E-state index in [1.807, 2.05) is 4.90 Å². The molecule has 0 bridgehead atoms. The molecule has 1 heterocycles. The average Bonchev–Trinajstić information content (AvgIpc) is 2.56. The van der Waals surface area contributed by atoms with Gasteiger partial charge in [0.1, 0.15) is 0 Å². The standard InChI is InChI=1S/C15H22N2O5S/c1-3-17(4-2)23(20,21)12-5-6-14(13(11-12)15(18)19)16-7-9-22-10-8-16/h5-6,11H,3-4,7-10H2,1-2H3,(H,18,19). The monoisotopic (exact) mass is 342 g/mol. The molecule has 0 aromatic heterocycles. The van der Waals surface area contributed by atoms with Crippen LogP contribution in [0.25, 0.3) is 0 Å². The van der Waals surface area contributed by atoms with Gasteiger partial charge in [-0.3, -0.25) is 0 Å². The first kappa shape index (κ1) is 17.7. The molecule has 0 unspecified atom stereocenters. The van der Waals surface area contributed by atoms with Crippen molar-refractivity contribution in [3.8, 4) is 0 Å². The van der Waals surface area contributed by atoms with Crippen LogP contribution in [0.1, 0.15) is 24.2 Å². The lowest BCUT2D eigenvalue weighted by molar-refractivity contribution is 0.0696. The molecule has 8 heteroatoms. The number of carboxylic acid groups (broad SMARTS) is 1. The summed E-state index contributed by atoms with van der Waals surface area (Å²) in [6.07, 6.45) is 0. The number of carbonyl (C=O) groups is 1. The molecule has 0 amide bonds. The Morgan fingerprint density at radius 3 is 2.39 bits per heavy atom. The predicted molar refractivity (Wildman–Crippen MR) is 86.5 cm³/mol. The Hall–Kier alpha value is -1.64. The van der Waals surface area contributed by atoms with Gasteiger partial charge >= 0.3 is 5.97 Å². The molecular weight excluding hydrogens is 320 g/mol.